The van der Waals surface area contributed by atoms with Crippen LogP contribution in [0.2, 0.25) is 0 Å². The van der Waals surface area contributed by atoms with E-state index in [0.717, 1.165) is 57.8 Å². The molecule has 0 aromatic carbocycles. The van der Waals surface area contributed by atoms with Gasteiger partial charge in [0.1, 0.15) is 6.61 Å². The molecule has 0 aliphatic heterocycles. The summed E-state index contributed by atoms with van der Waals surface area (Å²) in [5, 5.41) is 9.53. The van der Waals surface area contributed by atoms with Gasteiger partial charge in [0.2, 0.25) is 0 Å². The van der Waals surface area contributed by atoms with Crippen LogP contribution in [0.4, 0.5) is 0 Å². The smallest absolute Gasteiger partial charge is 0.306 e. The van der Waals surface area contributed by atoms with Gasteiger partial charge < -0.3 is 14.6 Å². The normalized spacial score (nSPS) is 13.1. The summed E-state index contributed by atoms with van der Waals surface area (Å²) in [4.78, 5) is 24.2. The fraction of sp³-hybridized carbons (Fsp3) is 0.628. The van der Waals surface area contributed by atoms with Crippen LogP contribution in [-0.2, 0) is 19.1 Å². The Hall–Kier alpha value is -2.92. The van der Waals surface area contributed by atoms with E-state index < -0.39 is 12.1 Å². The largest absolute Gasteiger partial charge is 0.462 e. The summed E-state index contributed by atoms with van der Waals surface area (Å²) >= 11 is 0. The highest BCUT2D eigenvalue weighted by Gasteiger charge is 2.15. The molecule has 0 aromatic heterocycles. The number of hydrogen-bond acceptors (Lipinski definition) is 5. The van der Waals surface area contributed by atoms with Crippen LogP contribution in [-0.4, -0.2) is 36.4 Å². The average Bonchev–Trinajstić information content (AvgIpc) is 3.09. The predicted octanol–water partition coefficient (Wildman–Crippen LogP) is 11.9. The van der Waals surface area contributed by atoms with E-state index in [1.165, 1.54) is 64.2 Å². The second-order valence-corrected chi connectivity index (χ2v) is 12.3. The number of unbranched alkanes of at least 4 members (excludes halogenated alkanes) is 11. The molecule has 0 amide bonds. The Balaban J connectivity index is 3.74. The van der Waals surface area contributed by atoms with Crippen molar-refractivity contribution in [2.75, 3.05) is 13.2 Å². The molecule has 0 heterocycles. The lowest BCUT2D eigenvalue weighted by molar-refractivity contribution is -0.161. The van der Waals surface area contributed by atoms with Gasteiger partial charge in [-0.1, -0.05) is 150 Å². The summed E-state index contributed by atoms with van der Waals surface area (Å²) in [6.45, 7) is 3.92. The summed E-state index contributed by atoms with van der Waals surface area (Å²) in [6.07, 6.45) is 52.2. The number of carbonyl (C=O) groups excluding carboxylic acids is 2. The molecule has 0 aliphatic rings. The third-order valence-electron chi connectivity index (χ3n) is 7.69. The van der Waals surface area contributed by atoms with E-state index in [2.05, 4.69) is 86.8 Å². The predicted molar refractivity (Wildman–Crippen MR) is 205 cm³/mol. The number of esters is 2. The van der Waals surface area contributed by atoms with Gasteiger partial charge in [0.15, 0.2) is 6.10 Å². The van der Waals surface area contributed by atoms with Crippen molar-refractivity contribution < 1.29 is 24.2 Å². The van der Waals surface area contributed by atoms with Crippen LogP contribution in [0.5, 0.6) is 0 Å². The first-order valence-corrected chi connectivity index (χ1v) is 19.1. The molecule has 0 fully saturated rings. The molecule has 272 valence electrons. The zero-order valence-electron chi connectivity index (χ0n) is 30.7. The fourth-order valence-electron chi connectivity index (χ4n) is 4.81. The number of carbonyl (C=O) groups is 2. The van der Waals surface area contributed by atoms with Crippen LogP contribution in [0.3, 0.4) is 0 Å². The van der Waals surface area contributed by atoms with Crippen molar-refractivity contribution >= 4 is 11.9 Å². The summed E-state index contributed by atoms with van der Waals surface area (Å²) in [5.74, 6) is -0.702. The van der Waals surface area contributed by atoms with E-state index >= 15 is 0 Å². The van der Waals surface area contributed by atoms with E-state index in [9.17, 15) is 14.7 Å². The maximum atomic E-state index is 12.1. The zero-order chi connectivity index (χ0) is 35.0. The molecule has 0 aromatic rings. The van der Waals surface area contributed by atoms with Gasteiger partial charge in [0.25, 0.3) is 0 Å². The molecule has 0 rings (SSSR count). The molecular weight excluding hydrogens is 596 g/mol. The Morgan fingerprint density at radius 3 is 1.44 bits per heavy atom. The Morgan fingerprint density at radius 2 is 0.938 bits per heavy atom. The highest BCUT2D eigenvalue weighted by Crippen LogP contribution is 2.11. The molecule has 1 N–H and O–H groups in total. The fourth-order valence-corrected chi connectivity index (χ4v) is 4.81. The lowest BCUT2D eigenvalue weighted by Crippen LogP contribution is -2.28. The molecule has 0 saturated carbocycles. The van der Waals surface area contributed by atoms with Crippen LogP contribution in [0.15, 0.2) is 85.1 Å². The third kappa shape index (κ3) is 35.9. The van der Waals surface area contributed by atoms with Crippen molar-refractivity contribution in [2.24, 2.45) is 0 Å². The second kappa shape index (κ2) is 38.5. The summed E-state index contributed by atoms with van der Waals surface area (Å²) in [5.41, 5.74) is 0. The molecule has 0 bridgehead atoms. The lowest BCUT2D eigenvalue weighted by atomic mass is 10.1. The van der Waals surface area contributed by atoms with Gasteiger partial charge >= 0.3 is 11.9 Å². The Bertz CT molecular complexity index is 937. The van der Waals surface area contributed by atoms with Gasteiger partial charge in [-0.2, -0.15) is 0 Å². The van der Waals surface area contributed by atoms with Gasteiger partial charge in [-0.15, -0.1) is 0 Å². The van der Waals surface area contributed by atoms with E-state index in [1.54, 1.807) is 0 Å². The summed E-state index contributed by atoms with van der Waals surface area (Å²) in [7, 11) is 0. The molecule has 0 aliphatic carbocycles. The second-order valence-electron chi connectivity index (χ2n) is 12.3. The van der Waals surface area contributed by atoms with Crippen molar-refractivity contribution in [3.63, 3.8) is 0 Å². The topological polar surface area (TPSA) is 72.8 Å². The minimum absolute atomic E-state index is 0.103. The van der Waals surface area contributed by atoms with Crippen molar-refractivity contribution in [1.29, 1.82) is 0 Å². The standard InChI is InChI=1S/C43H70O5/c1-3-5-7-9-11-13-15-17-19-20-21-22-24-26-28-30-32-34-36-38-43(46)48-41(39-44)40-47-42(45)37-35-33-31-29-27-25-23-18-16-14-12-10-8-6-4-2/h5,7,11,13-14,16-17,19,21-22,26,28,32,34,41,44H,3-4,6,8-10,12,15,18,20,23-25,27,29-31,33,35-40H2,1-2H3. The van der Waals surface area contributed by atoms with Gasteiger partial charge in [-0.3, -0.25) is 9.59 Å². The lowest BCUT2D eigenvalue weighted by Gasteiger charge is -2.15. The van der Waals surface area contributed by atoms with Gasteiger partial charge in [-0.05, 0) is 77.0 Å². The Morgan fingerprint density at radius 1 is 0.500 bits per heavy atom. The third-order valence-corrected chi connectivity index (χ3v) is 7.69. The van der Waals surface area contributed by atoms with Crippen LogP contribution in [0.1, 0.15) is 155 Å². The Kier molecular flexibility index (Phi) is 36.2. The van der Waals surface area contributed by atoms with E-state index in [1.807, 2.05) is 12.2 Å². The van der Waals surface area contributed by atoms with Crippen molar-refractivity contribution in [1.82, 2.24) is 0 Å². The van der Waals surface area contributed by atoms with Crippen LogP contribution in [0, 0.1) is 0 Å². The van der Waals surface area contributed by atoms with Crippen molar-refractivity contribution in [2.45, 2.75) is 161 Å². The molecule has 0 spiro atoms. The monoisotopic (exact) mass is 667 g/mol. The SMILES string of the molecule is CCC=CCC=CCC=CCC=CCC=CCC=CCCC(=O)OC(CO)COC(=O)CCCCCCCCCC=CCCCCCC. The molecule has 5 nitrogen and oxygen atoms in total. The van der Waals surface area contributed by atoms with Crippen LogP contribution >= 0.6 is 0 Å². The molecule has 0 saturated heterocycles. The van der Waals surface area contributed by atoms with Crippen LogP contribution < -0.4 is 0 Å². The van der Waals surface area contributed by atoms with E-state index in [4.69, 9.17) is 9.47 Å². The highest BCUT2D eigenvalue weighted by atomic mass is 16.6. The van der Waals surface area contributed by atoms with Crippen LogP contribution in [0.25, 0.3) is 0 Å². The molecule has 1 atom stereocenters. The van der Waals surface area contributed by atoms with Crippen molar-refractivity contribution in [3.8, 4) is 0 Å². The van der Waals surface area contributed by atoms with Gasteiger partial charge in [0, 0.05) is 12.8 Å². The maximum absolute atomic E-state index is 12.1. The molecule has 5 heteroatoms. The van der Waals surface area contributed by atoms with Gasteiger partial charge in [0.05, 0.1) is 6.61 Å². The first kappa shape index (κ1) is 45.1. The molecule has 48 heavy (non-hydrogen) atoms. The summed E-state index contributed by atoms with van der Waals surface area (Å²) < 4.78 is 10.5. The van der Waals surface area contributed by atoms with Gasteiger partial charge in [-0.25, -0.2) is 0 Å². The minimum atomic E-state index is -0.817. The average molecular weight is 667 g/mol. The van der Waals surface area contributed by atoms with E-state index in [-0.39, 0.29) is 25.6 Å². The number of rotatable bonds is 33. The number of hydrogen-bond donors (Lipinski definition) is 1. The Labute approximate surface area is 295 Å². The molecular formula is C43H70O5. The minimum Gasteiger partial charge on any atom is -0.462 e. The van der Waals surface area contributed by atoms with E-state index in [0.29, 0.717) is 12.8 Å². The summed E-state index contributed by atoms with van der Waals surface area (Å²) in [6, 6.07) is 0. The zero-order valence-corrected chi connectivity index (χ0v) is 30.7. The highest BCUT2D eigenvalue weighted by molar-refractivity contribution is 5.70. The molecule has 0 radical (unpaired) electrons. The molecule has 1 unspecified atom stereocenters. The maximum Gasteiger partial charge on any atom is 0.306 e. The number of ether oxygens (including phenoxy) is 2. The first-order chi connectivity index (χ1) is 23.6. The number of aliphatic hydroxyl groups is 1. The number of aliphatic hydroxyl groups excluding tert-OH is 1. The quantitative estimate of drug-likeness (QED) is 0.0429. The number of allylic oxidation sites excluding steroid dienone is 14. The first-order valence-electron chi connectivity index (χ1n) is 19.1. The van der Waals surface area contributed by atoms with Crippen molar-refractivity contribution in [3.05, 3.63) is 85.1 Å².